The first-order valence-corrected chi connectivity index (χ1v) is 6.30. The van der Waals surface area contributed by atoms with Crippen molar-refractivity contribution >= 4 is 35.6 Å². The molecule has 2 unspecified atom stereocenters. The molecule has 0 heterocycles. The molecular weight excluding hydrogens is 398 g/mol. The molecule has 3 N–H and O–H groups in total. The molecule has 1 aromatic rings. The predicted molar refractivity (Wildman–Crippen MR) is 86.0 cm³/mol. The highest BCUT2D eigenvalue weighted by Gasteiger charge is 2.32. The number of benzene rings is 1. The van der Waals surface area contributed by atoms with E-state index >= 15 is 0 Å². The van der Waals surface area contributed by atoms with Gasteiger partial charge in [-0.2, -0.15) is 0 Å². The normalized spacial score (nSPS) is 22.0. The second-order valence-corrected chi connectivity index (χ2v) is 4.81. The average molecular weight is 415 g/mol. The molecule has 1 fully saturated rings. The number of nitrogens with zero attached hydrogens (tertiary/aromatic N) is 1. The first-order chi connectivity index (χ1) is 9.35. The highest BCUT2D eigenvalue weighted by molar-refractivity contribution is 14.0. The lowest BCUT2D eigenvalue weighted by molar-refractivity contribution is -0.274. The van der Waals surface area contributed by atoms with E-state index in [1.165, 1.54) is 18.2 Å². The topological polar surface area (TPSA) is 59.6 Å². The van der Waals surface area contributed by atoms with Gasteiger partial charge in [-0.25, -0.2) is 4.99 Å². The fourth-order valence-corrected chi connectivity index (χ4v) is 1.97. The van der Waals surface area contributed by atoms with Crippen molar-refractivity contribution < 1.29 is 17.9 Å². The Morgan fingerprint density at radius 2 is 2.00 bits per heavy atom. The second kappa shape index (κ2) is 7.19. The molecule has 21 heavy (non-hydrogen) atoms. The molecule has 0 spiro atoms. The predicted octanol–water partition coefficient (Wildman–Crippen LogP) is 3.73. The van der Waals surface area contributed by atoms with Crippen molar-refractivity contribution in [3.05, 3.63) is 24.3 Å². The molecule has 4 nitrogen and oxygen atoms in total. The zero-order valence-corrected chi connectivity index (χ0v) is 13.7. The summed E-state index contributed by atoms with van der Waals surface area (Å²) < 4.78 is 40.7. The monoisotopic (exact) mass is 415 g/mol. The van der Waals surface area contributed by atoms with Gasteiger partial charge in [-0.05, 0) is 30.9 Å². The van der Waals surface area contributed by atoms with Crippen molar-refractivity contribution in [2.45, 2.75) is 32.2 Å². The van der Waals surface area contributed by atoms with Crippen molar-refractivity contribution in [3.8, 4) is 5.75 Å². The van der Waals surface area contributed by atoms with E-state index in [1.807, 2.05) is 0 Å². The molecule has 1 aromatic carbocycles. The van der Waals surface area contributed by atoms with Gasteiger partial charge in [0.1, 0.15) is 0 Å². The summed E-state index contributed by atoms with van der Waals surface area (Å²) in [6.45, 7) is 2.06. The maximum Gasteiger partial charge on any atom is 0.573 e. The van der Waals surface area contributed by atoms with E-state index in [4.69, 9.17) is 5.73 Å². The molecule has 118 valence electrons. The summed E-state index contributed by atoms with van der Waals surface area (Å²) in [5.74, 6) is 0.219. The number of aliphatic imine (C=N–C) groups is 1. The summed E-state index contributed by atoms with van der Waals surface area (Å²) in [6, 6.07) is 5.85. The molecule has 0 radical (unpaired) electrons. The number of alkyl halides is 3. The molecule has 0 saturated heterocycles. The molecule has 1 saturated carbocycles. The van der Waals surface area contributed by atoms with Gasteiger partial charge in [0.2, 0.25) is 0 Å². The van der Waals surface area contributed by atoms with Gasteiger partial charge in [0.05, 0.1) is 11.7 Å². The van der Waals surface area contributed by atoms with Gasteiger partial charge in [-0.1, -0.05) is 19.1 Å². The quantitative estimate of drug-likeness (QED) is 0.450. The highest BCUT2D eigenvalue weighted by Crippen LogP contribution is 2.31. The Morgan fingerprint density at radius 1 is 1.33 bits per heavy atom. The summed E-state index contributed by atoms with van der Waals surface area (Å²) in [4.78, 5) is 4.24. The minimum absolute atomic E-state index is 0. The van der Waals surface area contributed by atoms with Crippen molar-refractivity contribution in [3.63, 3.8) is 0 Å². The van der Waals surface area contributed by atoms with Crippen LogP contribution in [0.25, 0.3) is 0 Å². The first kappa shape index (κ1) is 17.9. The van der Waals surface area contributed by atoms with E-state index in [2.05, 4.69) is 22.0 Å². The van der Waals surface area contributed by atoms with Crippen LogP contribution in [0.4, 0.5) is 18.9 Å². The van der Waals surface area contributed by atoms with Gasteiger partial charge >= 0.3 is 6.36 Å². The van der Waals surface area contributed by atoms with Crippen LogP contribution in [-0.2, 0) is 0 Å². The summed E-state index contributed by atoms with van der Waals surface area (Å²) >= 11 is 0. The van der Waals surface area contributed by atoms with Crippen LogP contribution >= 0.6 is 24.0 Å². The maximum absolute atomic E-state index is 12.3. The summed E-state index contributed by atoms with van der Waals surface area (Å²) in [6.07, 6.45) is -2.70. The van der Waals surface area contributed by atoms with Gasteiger partial charge in [0.25, 0.3) is 0 Å². The molecule has 1 aliphatic rings. The zero-order chi connectivity index (χ0) is 14.8. The Morgan fingerprint density at radius 3 is 2.52 bits per heavy atom. The lowest BCUT2D eigenvalue weighted by Gasteiger charge is -2.30. The Bertz CT molecular complexity index is 508. The lowest BCUT2D eigenvalue weighted by atomic mass is 9.82. The minimum atomic E-state index is -4.74. The van der Waals surface area contributed by atoms with Gasteiger partial charge in [0.15, 0.2) is 11.7 Å². The molecular formula is C13H17F3IN3O. The van der Waals surface area contributed by atoms with E-state index in [1.54, 1.807) is 6.07 Å². The molecule has 0 aliphatic heterocycles. The number of rotatable bonds is 3. The summed E-state index contributed by atoms with van der Waals surface area (Å²) in [7, 11) is 0. The van der Waals surface area contributed by atoms with E-state index in [9.17, 15) is 13.2 Å². The SMILES string of the molecule is CC1CCC1N=C(N)Nc1ccccc1OC(F)(F)F.I. The van der Waals surface area contributed by atoms with Crippen molar-refractivity contribution in [1.82, 2.24) is 0 Å². The fraction of sp³-hybridized carbons (Fsp3) is 0.462. The van der Waals surface area contributed by atoms with Crippen LogP contribution in [0, 0.1) is 5.92 Å². The number of hydrogen-bond donors (Lipinski definition) is 2. The van der Waals surface area contributed by atoms with Crippen molar-refractivity contribution in [1.29, 1.82) is 0 Å². The molecule has 0 aromatic heterocycles. The first-order valence-electron chi connectivity index (χ1n) is 6.30. The molecule has 2 rings (SSSR count). The Balaban J connectivity index is 0.00000220. The highest BCUT2D eigenvalue weighted by atomic mass is 127. The largest absolute Gasteiger partial charge is 0.573 e. The number of anilines is 1. The lowest BCUT2D eigenvalue weighted by Crippen LogP contribution is -2.33. The molecule has 8 heteroatoms. The number of nitrogens with one attached hydrogen (secondary N) is 1. The standard InChI is InChI=1S/C13H16F3N3O.HI/c1-8-6-7-9(8)18-12(17)19-10-4-2-3-5-11(10)20-13(14,15)16;/h2-5,8-9H,6-7H2,1H3,(H3,17,18,19);1H. The third-order valence-electron chi connectivity index (χ3n) is 3.26. The van der Waals surface area contributed by atoms with Gasteiger partial charge < -0.3 is 15.8 Å². The molecule has 1 aliphatic carbocycles. The zero-order valence-electron chi connectivity index (χ0n) is 11.4. The third kappa shape index (κ3) is 5.25. The van der Waals surface area contributed by atoms with Crippen LogP contribution in [0.5, 0.6) is 5.75 Å². The fourth-order valence-electron chi connectivity index (χ4n) is 1.97. The van der Waals surface area contributed by atoms with Crippen LogP contribution in [0.1, 0.15) is 19.8 Å². The van der Waals surface area contributed by atoms with Crippen LogP contribution < -0.4 is 15.8 Å². The van der Waals surface area contributed by atoms with Crippen LogP contribution in [0.3, 0.4) is 0 Å². The third-order valence-corrected chi connectivity index (χ3v) is 3.26. The average Bonchev–Trinajstić information content (AvgIpc) is 2.35. The second-order valence-electron chi connectivity index (χ2n) is 4.81. The van der Waals surface area contributed by atoms with Gasteiger partial charge in [0, 0.05) is 0 Å². The minimum Gasteiger partial charge on any atom is -0.404 e. The Hall–Kier alpha value is -1.19. The van der Waals surface area contributed by atoms with Gasteiger partial charge in [-0.15, -0.1) is 37.1 Å². The van der Waals surface area contributed by atoms with Crippen LogP contribution in [0.2, 0.25) is 0 Å². The van der Waals surface area contributed by atoms with Crippen molar-refractivity contribution in [2.24, 2.45) is 16.6 Å². The van der Waals surface area contributed by atoms with Crippen LogP contribution in [-0.4, -0.2) is 18.4 Å². The number of guanidine groups is 1. The van der Waals surface area contributed by atoms with E-state index in [0.717, 1.165) is 12.8 Å². The number of ether oxygens (including phenoxy) is 1. The summed E-state index contributed by atoms with van der Waals surface area (Å²) in [5.41, 5.74) is 5.85. The summed E-state index contributed by atoms with van der Waals surface area (Å²) in [5, 5.41) is 2.66. The number of para-hydroxylation sites is 2. The smallest absolute Gasteiger partial charge is 0.404 e. The molecule has 0 bridgehead atoms. The number of halogens is 4. The van der Waals surface area contributed by atoms with Crippen LogP contribution in [0.15, 0.2) is 29.3 Å². The Kier molecular flexibility index (Phi) is 6.11. The Labute approximate surface area is 138 Å². The molecule has 2 atom stereocenters. The van der Waals surface area contributed by atoms with Gasteiger partial charge in [-0.3, -0.25) is 0 Å². The molecule has 0 amide bonds. The van der Waals surface area contributed by atoms with Crippen molar-refractivity contribution in [2.75, 3.05) is 5.32 Å². The van der Waals surface area contributed by atoms with E-state index in [0.29, 0.717) is 5.92 Å². The maximum atomic E-state index is 12.3. The number of nitrogens with two attached hydrogens (primary N) is 1. The van der Waals surface area contributed by atoms with E-state index < -0.39 is 6.36 Å². The number of hydrogen-bond acceptors (Lipinski definition) is 2. The van der Waals surface area contributed by atoms with E-state index in [-0.39, 0.29) is 47.4 Å².